The van der Waals surface area contributed by atoms with E-state index >= 15 is 0 Å². The standard InChI is InChI=1S/C27H24N8O3S/c36-26(19-4-5-20-21(12-19)30-16-29-20)35-11-8-17(13-35)14-38-24-3-1-2-22(31-24)33-27(37)34-23-15-39-25(32-23)18-6-9-28-10-7-18/h1-7,9-10,12,15-17H,8,11,13-14H2,(H,29,30)(H2,31,33,34,37). The molecule has 1 atom stereocenters. The predicted octanol–water partition coefficient (Wildman–Crippen LogP) is 4.66. The van der Waals surface area contributed by atoms with Crippen LogP contribution in [-0.2, 0) is 0 Å². The molecule has 1 unspecified atom stereocenters. The predicted molar refractivity (Wildman–Crippen MR) is 148 cm³/mol. The molecule has 0 spiro atoms. The van der Waals surface area contributed by atoms with Gasteiger partial charge >= 0.3 is 6.03 Å². The Balaban J connectivity index is 0.997. The molecule has 4 aromatic heterocycles. The first-order chi connectivity index (χ1) is 19.1. The summed E-state index contributed by atoms with van der Waals surface area (Å²) in [4.78, 5) is 47.4. The smallest absolute Gasteiger partial charge is 0.326 e. The van der Waals surface area contributed by atoms with Gasteiger partial charge in [0.25, 0.3) is 5.91 Å². The van der Waals surface area contributed by atoms with Crippen molar-refractivity contribution in [3.63, 3.8) is 0 Å². The monoisotopic (exact) mass is 540 g/mol. The second-order valence-corrected chi connectivity index (χ2v) is 9.92. The van der Waals surface area contributed by atoms with E-state index in [1.54, 1.807) is 42.3 Å². The van der Waals surface area contributed by atoms with E-state index in [0.29, 0.717) is 42.8 Å². The fraction of sp³-hybridized carbons (Fsp3) is 0.185. The largest absolute Gasteiger partial charge is 0.477 e. The molecule has 3 amide bonds. The zero-order valence-electron chi connectivity index (χ0n) is 20.7. The number of pyridine rings is 2. The number of urea groups is 1. The number of hydrogen-bond acceptors (Lipinski definition) is 8. The number of imidazole rings is 1. The lowest BCUT2D eigenvalue weighted by Crippen LogP contribution is -2.29. The maximum absolute atomic E-state index is 13.0. The topological polar surface area (TPSA) is 138 Å². The zero-order valence-corrected chi connectivity index (χ0v) is 21.5. The maximum atomic E-state index is 13.0. The number of aromatic amines is 1. The molecule has 0 bridgehead atoms. The number of H-pyrrole nitrogens is 1. The number of likely N-dealkylation sites (tertiary alicyclic amines) is 1. The van der Waals surface area contributed by atoms with Crippen LogP contribution in [0.15, 0.2) is 72.6 Å². The van der Waals surface area contributed by atoms with E-state index in [1.807, 2.05) is 35.2 Å². The minimum atomic E-state index is -0.454. The van der Waals surface area contributed by atoms with Gasteiger partial charge in [0.2, 0.25) is 5.88 Å². The minimum Gasteiger partial charge on any atom is -0.477 e. The number of nitrogens with zero attached hydrogens (tertiary/aromatic N) is 5. The third-order valence-electron chi connectivity index (χ3n) is 6.35. The zero-order chi connectivity index (χ0) is 26.6. The van der Waals surface area contributed by atoms with Crippen molar-refractivity contribution >= 4 is 45.9 Å². The lowest BCUT2D eigenvalue weighted by atomic mass is 10.1. The number of benzene rings is 1. The van der Waals surface area contributed by atoms with Crippen LogP contribution < -0.4 is 15.4 Å². The molecule has 39 heavy (non-hydrogen) atoms. The van der Waals surface area contributed by atoms with Crippen LogP contribution in [0.5, 0.6) is 5.88 Å². The number of hydrogen-bond donors (Lipinski definition) is 3. The van der Waals surface area contributed by atoms with Crippen molar-refractivity contribution in [2.45, 2.75) is 6.42 Å². The number of fused-ring (bicyclic) bond motifs is 1. The van der Waals surface area contributed by atoms with Gasteiger partial charge in [0, 0.05) is 54.0 Å². The Bertz CT molecular complexity index is 1620. The number of amides is 3. The summed E-state index contributed by atoms with van der Waals surface area (Å²) in [5.41, 5.74) is 3.23. The number of rotatable bonds is 7. The molecule has 1 saturated heterocycles. The molecule has 3 N–H and O–H groups in total. The number of ether oxygens (including phenoxy) is 1. The van der Waals surface area contributed by atoms with Crippen molar-refractivity contribution in [1.82, 2.24) is 29.8 Å². The van der Waals surface area contributed by atoms with Gasteiger partial charge in [-0.2, -0.15) is 4.98 Å². The van der Waals surface area contributed by atoms with Crippen LogP contribution in [0.4, 0.5) is 16.4 Å². The van der Waals surface area contributed by atoms with Gasteiger partial charge in [-0.1, -0.05) is 6.07 Å². The molecule has 1 aliphatic heterocycles. The third-order valence-corrected chi connectivity index (χ3v) is 7.24. The lowest BCUT2D eigenvalue weighted by molar-refractivity contribution is 0.0783. The van der Waals surface area contributed by atoms with E-state index in [-0.39, 0.29) is 11.8 Å². The molecule has 0 radical (unpaired) electrons. The molecule has 12 heteroatoms. The Morgan fingerprint density at radius 1 is 1.08 bits per heavy atom. The second-order valence-electron chi connectivity index (χ2n) is 9.07. The van der Waals surface area contributed by atoms with E-state index in [0.717, 1.165) is 28.0 Å². The van der Waals surface area contributed by atoms with Crippen molar-refractivity contribution in [3.05, 3.63) is 78.2 Å². The fourth-order valence-corrected chi connectivity index (χ4v) is 5.15. The summed E-state index contributed by atoms with van der Waals surface area (Å²) < 4.78 is 5.91. The average molecular weight is 541 g/mol. The molecule has 0 aliphatic carbocycles. The van der Waals surface area contributed by atoms with Crippen LogP contribution in [0.25, 0.3) is 21.6 Å². The summed E-state index contributed by atoms with van der Waals surface area (Å²) in [5.74, 6) is 1.37. The first kappa shape index (κ1) is 24.5. The molecule has 1 aromatic carbocycles. The summed E-state index contributed by atoms with van der Waals surface area (Å²) in [6, 6.07) is 14.0. The van der Waals surface area contributed by atoms with Gasteiger partial charge in [0.15, 0.2) is 0 Å². The van der Waals surface area contributed by atoms with E-state index < -0.39 is 6.03 Å². The summed E-state index contributed by atoms with van der Waals surface area (Å²) >= 11 is 1.43. The van der Waals surface area contributed by atoms with Crippen LogP contribution in [-0.4, -0.2) is 61.5 Å². The molecule has 0 saturated carbocycles. The van der Waals surface area contributed by atoms with Crippen molar-refractivity contribution < 1.29 is 14.3 Å². The third kappa shape index (κ3) is 5.70. The molecule has 5 aromatic rings. The highest BCUT2D eigenvalue weighted by atomic mass is 32.1. The maximum Gasteiger partial charge on any atom is 0.326 e. The summed E-state index contributed by atoms with van der Waals surface area (Å²) in [7, 11) is 0. The summed E-state index contributed by atoms with van der Waals surface area (Å²) in [5, 5.41) is 7.99. The van der Waals surface area contributed by atoms with E-state index in [1.165, 1.54) is 11.3 Å². The van der Waals surface area contributed by atoms with Crippen molar-refractivity contribution in [3.8, 4) is 16.5 Å². The molecule has 196 valence electrons. The normalized spacial score (nSPS) is 14.9. The van der Waals surface area contributed by atoms with Gasteiger partial charge in [0.1, 0.15) is 16.6 Å². The Morgan fingerprint density at radius 3 is 2.85 bits per heavy atom. The van der Waals surface area contributed by atoms with E-state index in [2.05, 4.69) is 35.6 Å². The molecule has 5 heterocycles. The fourth-order valence-electron chi connectivity index (χ4n) is 4.39. The van der Waals surface area contributed by atoms with Gasteiger partial charge in [-0.3, -0.25) is 20.4 Å². The van der Waals surface area contributed by atoms with Crippen molar-refractivity contribution in [2.24, 2.45) is 5.92 Å². The quantitative estimate of drug-likeness (QED) is 0.273. The van der Waals surface area contributed by atoms with Crippen LogP contribution in [0.3, 0.4) is 0 Å². The number of carbonyl (C=O) groups excluding carboxylic acids is 2. The SMILES string of the molecule is O=C(Nc1cccc(OCC2CCN(C(=O)c3ccc4[nH]cnc4c3)C2)n1)Nc1csc(-c2ccncc2)n1. The number of aromatic nitrogens is 5. The van der Waals surface area contributed by atoms with Crippen molar-refractivity contribution in [1.29, 1.82) is 0 Å². The van der Waals surface area contributed by atoms with Crippen LogP contribution in [0, 0.1) is 5.92 Å². The molecular formula is C27H24N8O3S. The lowest BCUT2D eigenvalue weighted by Gasteiger charge is -2.17. The van der Waals surface area contributed by atoms with Gasteiger partial charge in [0.05, 0.1) is 24.0 Å². The van der Waals surface area contributed by atoms with Crippen LogP contribution in [0.2, 0.25) is 0 Å². The molecular weight excluding hydrogens is 516 g/mol. The van der Waals surface area contributed by atoms with Gasteiger partial charge in [-0.05, 0) is 42.8 Å². The average Bonchev–Trinajstić information content (AvgIpc) is 3.73. The number of nitrogens with one attached hydrogen (secondary N) is 3. The molecule has 1 fully saturated rings. The van der Waals surface area contributed by atoms with E-state index in [4.69, 9.17) is 4.74 Å². The number of carbonyl (C=O) groups is 2. The highest BCUT2D eigenvalue weighted by molar-refractivity contribution is 7.13. The van der Waals surface area contributed by atoms with Gasteiger partial charge in [-0.25, -0.2) is 14.8 Å². The Hall–Kier alpha value is -4.84. The molecule has 1 aliphatic rings. The molecule has 11 nitrogen and oxygen atoms in total. The Morgan fingerprint density at radius 2 is 1.95 bits per heavy atom. The van der Waals surface area contributed by atoms with Gasteiger partial charge in [-0.15, -0.1) is 11.3 Å². The number of anilines is 2. The van der Waals surface area contributed by atoms with E-state index in [9.17, 15) is 9.59 Å². The molecule has 6 rings (SSSR count). The van der Waals surface area contributed by atoms with Crippen LogP contribution in [0.1, 0.15) is 16.8 Å². The number of thiazole rings is 1. The van der Waals surface area contributed by atoms with Crippen molar-refractivity contribution in [2.75, 3.05) is 30.3 Å². The highest BCUT2D eigenvalue weighted by Gasteiger charge is 2.27. The second kappa shape index (κ2) is 10.9. The minimum absolute atomic E-state index is 0.00857. The Labute approximate surface area is 227 Å². The summed E-state index contributed by atoms with van der Waals surface area (Å²) in [6.45, 7) is 1.69. The van der Waals surface area contributed by atoms with Gasteiger partial charge < -0.3 is 14.6 Å². The Kier molecular flexibility index (Phi) is 6.83. The summed E-state index contributed by atoms with van der Waals surface area (Å²) in [6.07, 6.45) is 5.85. The highest BCUT2D eigenvalue weighted by Crippen LogP contribution is 2.25. The first-order valence-corrected chi connectivity index (χ1v) is 13.2. The first-order valence-electron chi connectivity index (χ1n) is 12.4. The van der Waals surface area contributed by atoms with Crippen LogP contribution >= 0.6 is 11.3 Å².